The van der Waals surface area contributed by atoms with Crippen LogP contribution in [0.4, 0.5) is 0 Å². The van der Waals surface area contributed by atoms with Gasteiger partial charge in [0, 0.05) is 12.0 Å². The minimum absolute atomic E-state index is 0.140. The molecule has 1 aliphatic rings. The van der Waals surface area contributed by atoms with E-state index in [1.165, 1.54) is 48.5 Å². The first-order valence-corrected chi connectivity index (χ1v) is 14.7. The minimum atomic E-state index is -4.47. The number of hydrogen-bond acceptors (Lipinski definition) is 6. The molecule has 4 aromatic rings. The van der Waals surface area contributed by atoms with Crippen molar-refractivity contribution in [2.24, 2.45) is 0 Å². The predicted octanol–water partition coefficient (Wildman–Crippen LogP) is 4.86. The van der Waals surface area contributed by atoms with Crippen LogP contribution in [0.3, 0.4) is 0 Å². The summed E-state index contributed by atoms with van der Waals surface area (Å²) in [6, 6.07) is 28.7. The molecule has 0 radical (unpaired) electrons. The summed E-state index contributed by atoms with van der Waals surface area (Å²) < 4.78 is 60.0. The van der Waals surface area contributed by atoms with E-state index in [0.717, 1.165) is 0 Å². The first-order valence-electron chi connectivity index (χ1n) is 11.6. The lowest BCUT2D eigenvalue weighted by Crippen LogP contribution is -2.43. The highest BCUT2D eigenvalue weighted by Crippen LogP contribution is 2.50. The van der Waals surface area contributed by atoms with Crippen LogP contribution in [-0.4, -0.2) is 27.4 Å². The summed E-state index contributed by atoms with van der Waals surface area (Å²) >= 11 is 0. The van der Waals surface area contributed by atoms with E-state index in [-0.39, 0.29) is 9.79 Å². The molecule has 0 fully saturated rings. The summed E-state index contributed by atoms with van der Waals surface area (Å²) in [6.07, 6.45) is -0.555. The zero-order chi connectivity index (χ0) is 26.3. The average Bonchev–Trinajstić information content (AvgIpc) is 3.21. The summed E-state index contributed by atoms with van der Waals surface area (Å²) in [5.41, 5.74) is -0.0603. The maximum atomic E-state index is 14.1. The molecule has 0 N–H and O–H groups in total. The van der Waals surface area contributed by atoms with Gasteiger partial charge >= 0.3 is 5.97 Å². The molecule has 0 saturated carbocycles. The van der Waals surface area contributed by atoms with Gasteiger partial charge in [0.2, 0.25) is 0 Å². The zero-order valence-corrected chi connectivity index (χ0v) is 21.6. The molecule has 188 valence electrons. The number of rotatable bonds is 7. The fourth-order valence-electron chi connectivity index (χ4n) is 4.88. The second kappa shape index (κ2) is 9.28. The number of benzene rings is 4. The Balaban J connectivity index is 1.80. The van der Waals surface area contributed by atoms with Crippen LogP contribution >= 0.6 is 0 Å². The van der Waals surface area contributed by atoms with Gasteiger partial charge in [0.15, 0.2) is 24.3 Å². The van der Waals surface area contributed by atoms with Gasteiger partial charge in [0.05, 0.1) is 9.79 Å². The smallest absolute Gasteiger partial charge is 0.326 e. The molecule has 1 heterocycles. The highest BCUT2D eigenvalue weighted by atomic mass is 32.3. The number of esters is 1. The molecule has 4 aromatic carbocycles. The lowest BCUT2D eigenvalue weighted by Gasteiger charge is -2.31. The second-order valence-corrected chi connectivity index (χ2v) is 13.5. The van der Waals surface area contributed by atoms with Gasteiger partial charge in [-0.25, -0.2) is 16.8 Å². The Hall–Kier alpha value is -3.75. The Morgan fingerprint density at radius 1 is 0.676 bits per heavy atom. The van der Waals surface area contributed by atoms with Gasteiger partial charge in [-0.1, -0.05) is 84.9 Å². The number of carbonyl (C=O) groups is 1. The normalized spacial score (nSPS) is 17.4. The zero-order valence-electron chi connectivity index (χ0n) is 19.9. The van der Waals surface area contributed by atoms with Crippen LogP contribution < -0.4 is 4.74 Å². The third kappa shape index (κ3) is 4.06. The van der Waals surface area contributed by atoms with Gasteiger partial charge in [-0.05, 0) is 42.3 Å². The molecule has 37 heavy (non-hydrogen) atoms. The molecule has 0 spiro atoms. The van der Waals surface area contributed by atoms with Crippen molar-refractivity contribution in [2.45, 2.75) is 33.1 Å². The predicted molar refractivity (Wildman–Crippen MR) is 140 cm³/mol. The van der Waals surface area contributed by atoms with Gasteiger partial charge < -0.3 is 4.74 Å². The number of hydrogen-bond donors (Lipinski definition) is 0. The summed E-state index contributed by atoms with van der Waals surface area (Å²) in [5.74, 6) is -0.385. The Morgan fingerprint density at radius 2 is 1.16 bits per heavy atom. The van der Waals surface area contributed by atoms with E-state index in [9.17, 15) is 21.6 Å². The van der Waals surface area contributed by atoms with Crippen molar-refractivity contribution in [2.75, 3.05) is 0 Å². The standard InChI is InChI=1S/C29H24O6S2/c1-21-12-11-19-25-27(21)35-28(30)29(25,22-13-5-2-6-14-22)20-26(36(31,32)23-15-7-3-8-16-23)37(33,34)24-17-9-4-10-18-24/h2-19,26H,20H2,1H3/t29-/m1/s1. The lowest BCUT2D eigenvalue weighted by molar-refractivity contribution is -0.137. The van der Waals surface area contributed by atoms with E-state index >= 15 is 0 Å². The first-order chi connectivity index (χ1) is 17.7. The number of aryl methyl sites for hydroxylation is 1. The van der Waals surface area contributed by atoms with E-state index in [1.54, 1.807) is 67.6 Å². The quantitative estimate of drug-likeness (QED) is 0.249. The molecule has 0 bridgehead atoms. The third-order valence-electron chi connectivity index (χ3n) is 6.79. The molecule has 8 heteroatoms. The van der Waals surface area contributed by atoms with E-state index < -0.39 is 42.1 Å². The average molecular weight is 533 g/mol. The summed E-state index contributed by atoms with van der Waals surface area (Å²) in [5, 5.41) is 0. The van der Waals surface area contributed by atoms with Crippen LogP contribution in [0.2, 0.25) is 0 Å². The van der Waals surface area contributed by atoms with E-state index in [0.29, 0.717) is 22.4 Å². The molecular formula is C29H24O6S2. The molecule has 0 unspecified atom stereocenters. The molecule has 0 amide bonds. The van der Waals surface area contributed by atoms with Crippen LogP contribution in [-0.2, 0) is 29.9 Å². The first kappa shape index (κ1) is 24.9. The van der Waals surface area contributed by atoms with E-state index in [4.69, 9.17) is 4.74 Å². The molecule has 1 aliphatic heterocycles. The monoisotopic (exact) mass is 532 g/mol. The molecule has 0 saturated heterocycles. The van der Waals surface area contributed by atoms with Crippen molar-refractivity contribution in [3.05, 3.63) is 126 Å². The van der Waals surface area contributed by atoms with Crippen LogP contribution in [0, 0.1) is 6.92 Å². The fourth-order valence-corrected chi connectivity index (χ4v) is 9.50. The van der Waals surface area contributed by atoms with Gasteiger partial charge in [-0.3, -0.25) is 4.79 Å². The molecule has 5 rings (SSSR count). The van der Waals surface area contributed by atoms with Crippen molar-refractivity contribution in [3.8, 4) is 5.75 Å². The van der Waals surface area contributed by atoms with Gasteiger partial charge in [-0.15, -0.1) is 0 Å². The molecular weight excluding hydrogens is 508 g/mol. The number of fused-ring (bicyclic) bond motifs is 1. The third-order valence-corrected chi connectivity index (χ3v) is 11.9. The summed E-state index contributed by atoms with van der Waals surface area (Å²) in [7, 11) is -8.94. The van der Waals surface area contributed by atoms with E-state index in [1.807, 2.05) is 0 Å². The Morgan fingerprint density at radius 3 is 1.68 bits per heavy atom. The topological polar surface area (TPSA) is 94.6 Å². The summed E-state index contributed by atoms with van der Waals surface area (Å²) in [6.45, 7) is 1.78. The number of ether oxygens (including phenoxy) is 1. The lowest BCUT2D eigenvalue weighted by atomic mass is 9.73. The maximum Gasteiger partial charge on any atom is 0.326 e. The number of sulfone groups is 2. The number of para-hydroxylation sites is 1. The van der Waals surface area contributed by atoms with Crippen LogP contribution in [0.15, 0.2) is 119 Å². The Bertz CT molecular complexity index is 1600. The van der Waals surface area contributed by atoms with Gasteiger partial charge in [-0.2, -0.15) is 0 Å². The van der Waals surface area contributed by atoms with Crippen molar-refractivity contribution >= 4 is 25.6 Å². The largest absolute Gasteiger partial charge is 0.425 e. The van der Waals surface area contributed by atoms with Gasteiger partial charge in [0.25, 0.3) is 0 Å². The highest BCUT2D eigenvalue weighted by molar-refractivity contribution is 8.09. The Labute approximate surface area is 216 Å². The Kier molecular flexibility index (Phi) is 6.25. The van der Waals surface area contributed by atoms with Crippen molar-refractivity contribution < 1.29 is 26.4 Å². The fraction of sp³-hybridized carbons (Fsp3) is 0.138. The molecule has 1 atom stereocenters. The maximum absolute atomic E-state index is 14.1. The van der Waals surface area contributed by atoms with Crippen molar-refractivity contribution in [1.29, 1.82) is 0 Å². The summed E-state index contributed by atoms with van der Waals surface area (Å²) in [4.78, 5) is 13.5. The SMILES string of the molecule is Cc1cccc2c1OC(=O)[C@]2(CC(S(=O)(=O)c1ccccc1)S(=O)(=O)c1ccccc1)c1ccccc1. The second-order valence-electron chi connectivity index (χ2n) is 8.96. The highest BCUT2D eigenvalue weighted by Gasteiger charge is 2.56. The molecule has 0 aromatic heterocycles. The van der Waals surface area contributed by atoms with E-state index in [2.05, 4.69) is 0 Å². The van der Waals surface area contributed by atoms with Crippen molar-refractivity contribution in [3.63, 3.8) is 0 Å². The number of carbonyl (C=O) groups excluding carboxylic acids is 1. The molecule has 0 aliphatic carbocycles. The minimum Gasteiger partial charge on any atom is -0.425 e. The van der Waals surface area contributed by atoms with Crippen LogP contribution in [0.1, 0.15) is 23.1 Å². The van der Waals surface area contributed by atoms with Crippen LogP contribution in [0.25, 0.3) is 0 Å². The van der Waals surface area contributed by atoms with Crippen LogP contribution in [0.5, 0.6) is 5.75 Å². The van der Waals surface area contributed by atoms with Crippen molar-refractivity contribution in [1.82, 2.24) is 0 Å². The van der Waals surface area contributed by atoms with Gasteiger partial charge in [0.1, 0.15) is 11.2 Å². The molecule has 6 nitrogen and oxygen atoms in total.